The van der Waals surface area contributed by atoms with Gasteiger partial charge in [-0.2, -0.15) is 0 Å². The van der Waals surface area contributed by atoms with Crippen molar-refractivity contribution in [2.24, 2.45) is 5.92 Å². The SMILES string of the molecule is C=C1NC1=O.CC(C)CP(=O)(O)O. The molecule has 3 N–H and O–H groups in total. The molecule has 1 fully saturated rings. The molecule has 13 heavy (non-hydrogen) atoms. The number of hydrogen-bond acceptors (Lipinski definition) is 2. The summed E-state index contributed by atoms with van der Waals surface area (Å²) in [6.45, 7) is 6.84. The Morgan fingerprint density at radius 3 is 1.85 bits per heavy atom. The minimum absolute atomic E-state index is 0.00694. The van der Waals surface area contributed by atoms with Gasteiger partial charge in [0, 0.05) is 0 Å². The molecule has 6 heteroatoms. The zero-order valence-electron chi connectivity index (χ0n) is 7.65. The second-order valence-corrected chi connectivity index (χ2v) is 4.87. The van der Waals surface area contributed by atoms with E-state index >= 15 is 0 Å². The predicted molar refractivity (Wildman–Crippen MR) is 49.0 cm³/mol. The molecule has 0 radical (unpaired) electrons. The van der Waals surface area contributed by atoms with Gasteiger partial charge in [0.15, 0.2) is 0 Å². The van der Waals surface area contributed by atoms with Crippen LogP contribution in [0.1, 0.15) is 13.8 Å². The van der Waals surface area contributed by atoms with E-state index in [0.717, 1.165) is 0 Å². The summed E-state index contributed by atoms with van der Waals surface area (Å²) < 4.78 is 10.1. The third-order valence-corrected chi connectivity index (χ3v) is 2.28. The van der Waals surface area contributed by atoms with E-state index in [2.05, 4.69) is 11.9 Å². The maximum absolute atomic E-state index is 10.1. The van der Waals surface area contributed by atoms with Gasteiger partial charge in [-0.25, -0.2) is 0 Å². The van der Waals surface area contributed by atoms with Crippen molar-refractivity contribution in [1.82, 2.24) is 5.32 Å². The molecule has 1 saturated heterocycles. The van der Waals surface area contributed by atoms with Crippen molar-refractivity contribution in [2.45, 2.75) is 13.8 Å². The lowest BCUT2D eigenvalue weighted by Crippen LogP contribution is -1.95. The Labute approximate surface area is 77.0 Å². The quantitative estimate of drug-likeness (QED) is 0.348. The van der Waals surface area contributed by atoms with Crippen molar-refractivity contribution >= 4 is 13.5 Å². The average molecular weight is 207 g/mol. The number of rotatable bonds is 2. The first-order valence-corrected chi connectivity index (χ1v) is 5.57. The summed E-state index contributed by atoms with van der Waals surface area (Å²) in [5, 5.41) is 2.36. The fraction of sp³-hybridized carbons (Fsp3) is 0.571. The van der Waals surface area contributed by atoms with Crippen LogP contribution in [0.3, 0.4) is 0 Å². The Morgan fingerprint density at radius 2 is 1.85 bits per heavy atom. The van der Waals surface area contributed by atoms with E-state index in [0.29, 0.717) is 5.70 Å². The molecule has 0 unspecified atom stereocenters. The molecule has 0 aromatic carbocycles. The van der Waals surface area contributed by atoms with Gasteiger partial charge in [0.1, 0.15) is 0 Å². The Hall–Kier alpha value is -0.640. The van der Waals surface area contributed by atoms with Crippen LogP contribution in [-0.2, 0) is 9.36 Å². The van der Waals surface area contributed by atoms with Crippen LogP contribution in [-0.4, -0.2) is 21.9 Å². The van der Waals surface area contributed by atoms with Gasteiger partial charge in [-0.15, -0.1) is 0 Å². The number of nitrogens with one attached hydrogen (secondary N) is 1. The lowest BCUT2D eigenvalue weighted by Gasteiger charge is -2.04. The van der Waals surface area contributed by atoms with Crippen molar-refractivity contribution in [1.29, 1.82) is 0 Å². The lowest BCUT2D eigenvalue weighted by atomic mass is 10.3. The zero-order valence-corrected chi connectivity index (χ0v) is 8.54. The molecule has 1 aliphatic rings. The summed E-state index contributed by atoms with van der Waals surface area (Å²) in [6.07, 6.45) is -0.00694. The second-order valence-electron chi connectivity index (χ2n) is 3.17. The summed E-state index contributed by atoms with van der Waals surface area (Å²) >= 11 is 0. The van der Waals surface area contributed by atoms with E-state index in [1.807, 2.05) is 0 Å². The van der Waals surface area contributed by atoms with Crippen molar-refractivity contribution in [3.8, 4) is 0 Å². The molecular formula is C7H14NO4P. The topological polar surface area (TPSA) is 96.5 Å². The minimum atomic E-state index is -3.72. The summed E-state index contributed by atoms with van der Waals surface area (Å²) in [7, 11) is -3.72. The van der Waals surface area contributed by atoms with Crippen LogP contribution in [0.5, 0.6) is 0 Å². The number of carbonyl (C=O) groups excluding carboxylic acids is 1. The molecule has 0 saturated carbocycles. The molecule has 0 spiro atoms. The summed E-state index contributed by atoms with van der Waals surface area (Å²) in [6, 6.07) is 0. The Bertz CT molecular complexity index is 243. The maximum atomic E-state index is 10.1. The highest BCUT2D eigenvalue weighted by Gasteiger charge is 2.20. The first-order valence-electron chi connectivity index (χ1n) is 3.77. The van der Waals surface area contributed by atoms with Gasteiger partial charge in [0.2, 0.25) is 0 Å². The number of hydrogen-bond donors (Lipinski definition) is 3. The third kappa shape index (κ3) is 9.27. The largest absolute Gasteiger partial charge is 0.325 e. The van der Waals surface area contributed by atoms with Crippen LogP contribution in [0.2, 0.25) is 0 Å². The van der Waals surface area contributed by atoms with E-state index in [-0.39, 0.29) is 18.0 Å². The number of carbonyl (C=O) groups is 1. The van der Waals surface area contributed by atoms with E-state index in [1.165, 1.54) is 0 Å². The van der Waals surface area contributed by atoms with Gasteiger partial charge >= 0.3 is 7.60 Å². The first-order chi connectivity index (χ1) is 5.72. The maximum Gasteiger partial charge on any atom is 0.325 e. The van der Waals surface area contributed by atoms with Gasteiger partial charge in [-0.05, 0) is 5.92 Å². The second kappa shape index (κ2) is 4.56. The Kier molecular flexibility index (Phi) is 4.33. The minimum Gasteiger partial charge on any atom is -0.324 e. The van der Waals surface area contributed by atoms with Crippen LogP contribution >= 0.6 is 7.60 Å². The van der Waals surface area contributed by atoms with Crippen molar-refractivity contribution < 1.29 is 19.1 Å². The molecule has 0 bridgehead atoms. The summed E-state index contributed by atoms with van der Waals surface area (Å²) in [5.41, 5.74) is 0.532. The van der Waals surface area contributed by atoms with Crippen LogP contribution in [0.4, 0.5) is 0 Å². The average Bonchev–Trinajstić information content (AvgIpc) is 2.38. The molecule has 0 atom stereocenters. The fourth-order valence-corrected chi connectivity index (χ4v) is 1.53. The van der Waals surface area contributed by atoms with Crippen molar-refractivity contribution in [3.63, 3.8) is 0 Å². The molecule has 1 rings (SSSR count). The van der Waals surface area contributed by atoms with Gasteiger partial charge in [0.25, 0.3) is 5.91 Å². The van der Waals surface area contributed by atoms with E-state index in [4.69, 9.17) is 9.79 Å². The zero-order chi connectivity index (χ0) is 10.6. The Balaban J connectivity index is 0.000000243. The van der Waals surface area contributed by atoms with E-state index in [1.54, 1.807) is 13.8 Å². The van der Waals surface area contributed by atoms with Crippen LogP contribution in [0, 0.1) is 5.92 Å². The summed E-state index contributed by atoms with van der Waals surface area (Å²) in [4.78, 5) is 26.3. The van der Waals surface area contributed by atoms with Gasteiger partial charge in [-0.1, -0.05) is 20.4 Å². The lowest BCUT2D eigenvalue weighted by molar-refractivity contribution is -0.109. The highest BCUT2D eigenvalue weighted by Crippen LogP contribution is 2.36. The monoisotopic (exact) mass is 207 g/mol. The predicted octanol–water partition coefficient (Wildman–Crippen LogP) is 0.450. The van der Waals surface area contributed by atoms with Gasteiger partial charge < -0.3 is 15.1 Å². The Morgan fingerprint density at radius 1 is 1.54 bits per heavy atom. The molecule has 1 aliphatic heterocycles. The molecule has 1 heterocycles. The van der Waals surface area contributed by atoms with Gasteiger partial charge in [0.05, 0.1) is 11.9 Å². The van der Waals surface area contributed by atoms with Gasteiger partial charge in [-0.3, -0.25) is 9.36 Å². The van der Waals surface area contributed by atoms with E-state index < -0.39 is 7.60 Å². The number of amides is 1. The smallest absolute Gasteiger partial charge is 0.324 e. The molecule has 76 valence electrons. The van der Waals surface area contributed by atoms with Crippen LogP contribution in [0.25, 0.3) is 0 Å². The molecule has 0 aliphatic carbocycles. The fourth-order valence-electron chi connectivity index (χ4n) is 0.581. The highest BCUT2D eigenvalue weighted by atomic mass is 31.2. The molecule has 5 nitrogen and oxygen atoms in total. The molecule has 0 aromatic heterocycles. The van der Waals surface area contributed by atoms with Crippen LogP contribution in [0.15, 0.2) is 12.3 Å². The standard InChI is InChI=1S/C4H11O3P.C3H3NO/c1-4(2)3-8(5,6)7;1-2-3(5)4-2/h4H,3H2,1-2H3,(H2,5,6,7);1H2,(H,4,5). The molecule has 1 amide bonds. The highest BCUT2D eigenvalue weighted by molar-refractivity contribution is 7.51. The first kappa shape index (κ1) is 12.4. The normalized spacial score (nSPS) is 14.8. The van der Waals surface area contributed by atoms with E-state index in [9.17, 15) is 9.36 Å². The van der Waals surface area contributed by atoms with Crippen LogP contribution < -0.4 is 5.32 Å². The molecule has 0 aromatic rings. The van der Waals surface area contributed by atoms with Crippen molar-refractivity contribution in [2.75, 3.05) is 6.16 Å². The molecular weight excluding hydrogens is 193 g/mol. The third-order valence-electron chi connectivity index (χ3n) is 1.08. The summed E-state index contributed by atoms with van der Waals surface area (Å²) in [5.74, 6) is 0.0563. The van der Waals surface area contributed by atoms with Crippen molar-refractivity contribution in [3.05, 3.63) is 12.3 Å².